The van der Waals surface area contributed by atoms with Gasteiger partial charge in [-0.15, -0.1) is 11.3 Å². The van der Waals surface area contributed by atoms with Crippen LogP contribution in [0.3, 0.4) is 0 Å². The molecule has 0 N–H and O–H groups in total. The predicted octanol–water partition coefficient (Wildman–Crippen LogP) is 4.32. The van der Waals surface area contributed by atoms with Crippen molar-refractivity contribution in [2.24, 2.45) is 0 Å². The Morgan fingerprint density at radius 2 is 1.94 bits per heavy atom. The van der Waals surface area contributed by atoms with Crippen LogP contribution in [0.25, 0.3) is 0 Å². The third kappa shape index (κ3) is 2.79. The van der Waals surface area contributed by atoms with E-state index >= 15 is 0 Å². The second kappa shape index (κ2) is 5.63. The maximum absolute atomic E-state index is 12.9. The highest BCUT2D eigenvalue weighted by molar-refractivity contribution is 9.11. The smallest absolute Gasteiger partial charge is 0.268 e. The summed E-state index contributed by atoms with van der Waals surface area (Å²) in [6.45, 7) is 2.43. The fourth-order valence-corrected chi connectivity index (χ4v) is 2.96. The van der Waals surface area contributed by atoms with Crippen LogP contribution in [-0.2, 0) is 0 Å². The summed E-state index contributed by atoms with van der Waals surface area (Å²) in [6.07, 6.45) is 0. The summed E-state index contributed by atoms with van der Waals surface area (Å²) in [7, 11) is 0. The molecule has 2 rings (SSSR count). The van der Waals surface area contributed by atoms with Gasteiger partial charge in [0.25, 0.3) is 5.91 Å². The van der Waals surface area contributed by atoms with Crippen molar-refractivity contribution in [2.75, 3.05) is 11.4 Å². The number of rotatable bonds is 3. The minimum Gasteiger partial charge on any atom is -0.308 e. The van der Waals surface area contributed by atoms with Crippen molar-refractivity contribution in [3.05, 3.63) is 50.9 Å². The van der Waals surface area contributed by atoms with Gasteiger partial charge in [0.1, 0.15) is 5.82 Å². The van der Waals surface area contributed by atoms with E-state index in [1.165, 1.54) is 23.5 Å². The van der Waals surface area contributed by atoms with E-state index in [9.17, 15) is 9.18 Å². The van der Waals surface area contributed by atoms with Crippen LogP contribution in [0.15, 0.2) is 40.2 Å². The van der Waals surface area contributed by atoms with Gasteiger partial charge in [0, 0.05) is 12.2 Å². The van der Waals surface area contributed by atoms with Crippen LogP contribution in [0.4, 0.5) is 10.1 Å². The molecule has 1 amide bonds. The molecule has 0 spiro atoms. The summed E-state index contributed by atoms with van der Waals surface area (Å²) in [5.74, 6) is -0.374. The fourth-order valence-electron chi connectivity index (χ4n) is 1.63. The van der Waals surface area contributed by atoms with Gasteiger partial charge in [-0.1, -0.05) is 0 Å². The van der Waals surface area contributed by atoms with Gasteiger partial charge in [-0.05, 0) is 59.3 Å². The van der Waals surface area contributed by atoms with Gasteiger partial charge in [0.05, 0.1) is 8.66 Å². The van der Waals surface area contributed by atoms with Gasteiger partial charge >= 0.3 is 0 Å². The Labute approximate surface area is 117 Å². The summed E-state index contributed by atoms with van der Waals surface area (Å²) < 4.78 is 13.8. The summed E-state index contributed by atoms with van der Waals surface area (Å²) in [5, 5.41) is 0. The Morgan fingerprint density at radius 3 is 2.44 bits per heavy atom. The molecule has 0 atom stereocenters. The molecule has 94 valence electrons. The SMILES string of the molecule is CCN(C(=O)c1ccc(Br)s1)c1ccc(F)cc1. The normalized spacial score (nSPS) is 10.4. The number of nitrogens with zero attached hydrogens (tertiary/aromatic N) is 1. The molecular weight excluding hydrogens is 317 g/mol. The van der Waals surface area contributed by atoms with Gasteiger partial charge in [-0.2, -0.15) is 0 Å². The monoisotopic (exact) mass is 327 g/mol. The fraction of sp³-hybridized carbons (Fsp3) is 0.154. The molecule has 0 bridgehead atoms. The van der Waals surface area contributed by atoms with E-state index < -0.39 is 0 Å². The lowest BCUT2D eigenvalue weighted by Gasteiger charge is -2.20. The molecular formula is C13H11BrFNOS. The average Bonchev–Trinajstić information content (AvgIpc) is 2.79. The number of amides is 1. The highest BCUT2D eigenvalue weighted by Gasteiger charge is 2.17. The summed E-state index contributed by atoms with van der Waals surface area (Å²) >= 11 is 4.72. The quantitative estimate of drug-likeness (QED) is 0.822. The zero-order valence-electron chi connectivity index (χ0n) is 9.69. The molecule has 0 fully saturated rings. The van der Waals surface area contributed by atoms with E-state index in [2.05, 4.69) is 15.9 Å². The highest BCUT2D eigenvalue weighted by Crippen LogP contribution is 2.25. The van der Waals surface area contributed by atoms with E-state index in [4.69, 9.17) is 0 Å². The van der Waals surface area contributed by atoms with Crippen molar-refractivity contribution in [2.45, 2.75) is 6.92 Å². The van der Waals surface area contributed by atoms with E-state index in [0.717, 1.165) is 3.79 Å². The first-order valence-corrected chi connectivity index (χ1v) is 7.05. The third-order valence-corrected chi connectivity index (χ3v) is 4.10. The first-order chi connectivity index (χ1) is 8.61. The lowest BCUT2D eigenvalue weighted by molar-refractivity contribution is 0.0992. The van der Waals surface area contributed by atoms with Crippen LogP contribution in [0.1, 0.15) is 16.6 Å². The van der Waals surface area contributed by atoms with Crippen molar-refractivity contribution < 1.29 is 9.18 Å². The molecule has 18 heavy (non-hydrogen) atoms. The number of halogens is 2. The number of anilines is 1. The van der Waals surface area contributed by atoms with Crippen LogP contribution in [0.2, 0.25) is 0 Å². The topological polar surface area (TPSA) is 20.3 Å². The zero-order valence-corrected chi connectivity index (χ0v) is 12.1. The Kier molecular flexibility index (Phi) is 4.14. The largest absolute Gasteiger partial charge is 0.308 e. The second-order valence-corrected chi connectivity index (χ2v) is 6.09. The van der Waals surface area contributed by atoms with Crippen molar-refractivity contribution in [1.82, 2.24) is 0 Å². The number of thiophene rings is 1. The van der Waals surface area contributed by atoms with E-state index in [1.54, 1.807) is 23.1 Å². The number of hydrogen-bond donors (Lipinski definition) is 0. The average molecular weight is 328 g/mol. The molecule has 0 saturated carbocycles. The number of benzene rings is 1. The van der Waals surface area contributed by atoms with Gasteiger partial charge in [-0.3, -0.25) is 4.79 Å². The number of hydrogen-bond acceptors (Lipinski definition) is 2. The highest BCUT2D eigenvalue weighted by atomic mass is 79.9. The Morgan fingerprint density at radius 1 is 1.28 bits per heavy atom. The number of carbonyl (C=O) groups excluding carboxylic acids is 1. The van der Waals surface area contributed by atoms with Crippen molar-refractivity contribution in [1.29, 1.82) is 0 Å². The van der Waals surface area contributed by atoms with Gasteiger partial charge < -0.3 is 4.90 Å². The van der Waals surface area contributed by atoms with Crippen LogP contribution in [0.5, 0.6) is 0 Å². The lowest BCUT2D eigenvalue weighted by atomic mass is 10.2. The molecule has 1 aromatic carbocycles. The Balaban J connectivity index is 2.28. The van der Waals surface area contributed by atoms with Gasteiger partial charge in [-0.25, -0.2) is 4.39 Å². The number of carbonyl (C=O) groups is 1. The van der Waals surface area contributed by atoms with Gasteiger partial charge in [0.15, 0.2) is 0 Å². The van der Waals surface area contributed by atoms with Crippen molar-refractivity contribution in [3.8, 4) is 0 Å². The van der Waals surface area contributed by atoms with Crippen LogP contribution in [0, 0.1) is 5.82 Å². The summed E-state index contributed by atoms with van der Waals surface area (Å²) in [5.41, 5.74) is 0.702. The second-order valence-electron chi connectivity index (χ2n) is 3.63. The molecule has 1 heterocycles. The Hall–Kier alpha value is -1.20. The van der Waals surface area contributed by atoms with E-state index in [-0.39, 0.29) is 11.7 Å². The first-order valence-electron chi connectivity index (χ1n) is 5.44. The molecule has 0 unspecified atom stereocenters. The molecule has 0 aliphatic carbocycles. The van der Waals surface area contributed by atoms with Crippen molar-refractivity contribution >= 4 is 38.9 Å². The van der Waals surface area contributed by atoms with Crippen LogP contribution >= 0.6 is 27.3 Å². The summed E-state index contributed by atoms with van der Waals surface area (Å²) in [4.78, 5) is 14.6. The van der Waals surface area contributed by atoms with Crippen LogP contribution < -0.4 is 4.90 Å². The van der Waals surface area contributed by atoms with Crippen molar-refractivity contribution in [3.63, 3.8) is 0 Å². The third-order valence-electron chi connectivity index (χ3n) is 2.48. The molecule has 0 radical (unpaired) electrons. The molecule has 0 saturated heterocycles. The minimum atomic E-state index is -0.305. The van der Waals surface area contributed by atoms with Gasteiger partial charge in [0.2, 0.25) is 0 Å². The standard InChI is InChI=1S/C13H11BrFNOS/c1-2-16(10-5-3-9(15)4-6-10)13(17)11-7-8-12(14)18-11/h3-8H,2H2,1H3. The zero-order chi connectivity index (χ0) is 13.1. The molecule has 0 aliphatic heterocycles. The molecule has 2 aromatic rings. The molecule has 0 aliphatic rings. The molecule has 1 aromatic heterocycles. The summed E-state index contributed by atoms with van der Waals surface area (Å²) in [6, 6.07) is 9.56. The maximum Gasteiger partial charge on any atom is 0.268 e. The molecule has 2 nitrogen and oxygen atoms in total. The van der Waals surface area contributed by atoms with E-state index in [1.807, 2.05) is 13.0 Å². The molecule has 5 heteroatoms. The minimum absolute atomic E-state index is 0.0696. The first kappa shape index (κ1) is 13.2. The van der Waals surface area contributed by atoms with Crippen LogP contribution in [-0.4, -0.2) is 12.5 Å². The lowest BCUT2D eigenvalue weighted by Crippen LogP contribution is -2.29. The predicted molar refractivity (Wildman–Crippen MR) is 75.8 cm³/mol. The maximum atomic E-state index is 12.9. The Bertz CT molecular complexity index is 552. The van der Waals surface area contributed by atoms with E-state index in [0.29, 0.717) is 17.1 Å².